The molecule has 3 atom stereocenters. The number of nitrogens with zero attached hydrogens (tertiary/aromatic N) is 2. The van der Waals surface area contributed by atoms with Crippen LogP contribution in [0, 0.1) is 5.92 Å². The molecule has 2 heterocycles. The molecule has 2 rings (SSSR count). The van der Waals surface area contributed by atoms with Gasteiger partial charge in [0.15, 0.2) is 0 Å². The summed E-state index contributed by atoms with van der Waals surface area (Å²) in [5.74, 6) is 0.695. The lowest BCUT2D eigenvalue weighted by Gasteiger charge is -2.29. The van der Waals surface area contributed by atoms with Gasteiger partial charge in [0.25, 0.3) is 0 Å². The van der Waals surface area contributed by atoms with E-state index in [0.717, 1.165) is 13.1 Å². The van der Waals surface area contributed by atoms with E-state index in [4.69, 9.17) is 0 Å². The van der Waals surface area contributed by atoms with Crippen molar-refractivity contribution in [1.82, 2.24) is 14.9 Å². The first-order valence-corrected chi connectivity index (χ1v) is 6.81. The molecule has 1 saturated heterocycles. The van der Waals surface area contributed by atoms with Crippen LogP contribution in [0.3, 0.4) is 0 Å². The maximum atomic E-state index is 4.38. The molecule has 1 aliphatic rings. The maximum absolute atomic E-state index is 4.38. The van der Waals surface area contributed by atoms with E-state index in [-0.39, 0.29) is 5.41 Å². The second-order valence-corrected chi connectivity index (χ2v) is 5.80. The predicted octanol–water partition coefficient (Wildman–Crippen LogP) is 2.74. The van der Waals surface area contributed by atoms with Crippen LogP contribution in [0.5, 0.6) is 0 Å². The molecular formula is C14H25N3. The molecule has 0 spiro atoms. The SMILES string of the molecule is CCC(C)C(C)n1cncc1C1(C)CCNC1. The second kappa shape index (κ2) is 4.81. The van der Waals surface area contributed by atoms with Crippen molar-refractivity contribution in [3.8, 4) is 0 Å². The standard InChI is InChI=1S/C14H25N3/c1-5-11(2)12(3)17-10-16-8-13(17)14(4)6-7-15-9-14/h8,10-12,15H,5-7,9H2,1-4H3. The van der Waals surface area contributed by atoms with E-state index in [1.165, 1.54) is 18.5 Å². The van der Waals surface area contributed by atoms with Gasteiger partial charge in [0.05, 0.1) is 6.33 Å². The third kappa shape index (κ3) is 2.25. The zero-order valence-corrected chi connectivity index (χ0v) is 11.5. The van der Waals surface area contributed by atoms with Crippen LogP contribution in [-0.4, -0.2) is 22.6 Å². The van der Waals surface area contributed by atoms with Gasteiger partial charge in [0.1, 0.15) is 0 Å². The Morgan fingerprint density at radius 1 is 1.53 bits per heavy atom. The van der Waals surface area contributed by atoms with Crippen LogP contribution in [0.4, 0.5) is 0 Å². The van der Waals surface area contributed by atoms with Crippen LogP contribution in [0.15, 0.2) is 12.5 Å². The number of aromatic nitrogens is 2. The van der Waals surface area contributed by atoms with Crippen molar-refractivity contribution in [2.45, 2.75) is 52.0 Å². The average molecular weight is 235 g/mol. The van der Waals surface area contributed by atoms with Gasteiger partial charge in [0.2, 0.25) is 0 Å². The summed E-state index contributed by atoms with van der Waals surface area (Å²) >= 11 is 0. The van der Waals surface area contributed by atoms with Gasteiger partial charge in [-0.2, -0.15) is 0 Å². The van der Waals surface area contributed by atoms with Crippen molar-refractivity contribution in [2.75, 3.05) is 13.1 Å². The Bertz CT molecular complexity index is 363. The Labute approximate surface area is 105 Å². The van der Waals surface area contributed by atoms with Gasteiger partial charge in [-0.25, -0.2) is 4.98 Å². The summed E-state index contributed by atoms with van der Waals surface area (Å²) in [6.07, 6.45) is 6.50. The van der Waals surface area contributed by atoms with E-state index in [2.05, 4.69) is 48.8 Å². The van der Waals surface area contributed by atoms with Gasteiger partial charge in [-0.05, 0) is 25.8 Å². The van der Waals surface area contributed by atoms with Crippen LogP contribution in [-0.2, 0) is 5.41 Å². The monoisotopic (exact) mass is 235 g/mol. The molecule has 17 heavy (non-hydrogen) atoms. The van der Waals surface area contributed by atoms with Crippen LogP contribution < -0.4 is 5.32 Å². The lowest BCUT2D eigenvalue weighted by Crippen LogP contribution is -2.29. The molecule has 3 unspecified atom stereocenters. The summed E-state index contributed by atoms with van der Waals surface area (Å²) < 4.78 is 2.39. The fourth-order valence-corrected chi connectivity index (χ4v) is 2.75. The fraction of sp³-hybridized carbons (Fsp3) is 0.786. The highest BCUT2D eigenvalue weighted by atomic mass is 15.1. The van der Waals surface area contributed by atoms with Gasteiger partial charge in [-0.15, -0.1) is 0 Å². The molecule has 3 heteroatoms. The summed E-state index contributed by atoms with van der Waals surface area (Å²) in [5.41, 5.74) is 1.66. The van der Waals surface area contributed by atoms with Gasteiger partial charge in [0, 0.05) is 29.9 Å². The topological polar surface area (TPSA) is 29.9 Å². The lowest BCUT2D eigenvalue weighted by molar-refractivity contribution is 0.341. The third-order valence-electron chi connectivity index (χ3n) is 4.56. The Balaban J connectivity index is 2.28. The van der Waals surface area contributed by atoms with Crippen molar-refractivity contribution in [3.63, 3.8) is 0 Å². The van der Waals surface area contributed by atoms with Gasteiger partial charge in [-0.3, -0.25) is 0 Å². The lowest BCUT2D eigenvalue weighted by atomic mass is 9.85. The molecule has 0 bridgehead atoms. The highest BCUT2D eigenvalue weighted by Crippen LogP contribution is 2.33. The summed E-state index contributed by atoms with van der Waals surface area (Å²) in [6.45, 7) is 11.4. The average Bonchev–Trinajstić information content (AvgIpc) is 2.96. The molecule has 0 aliphatic carbocycles. The zero-order valence-electron chi connectivity index (χ0n) is 11.5. The molecule has 1 aromatic rings. The Morgan fingerprint density at radius 3 is 2.88 bits per heavy atom. The molecule has 96 valence electrons. The van der Waals surface area contributed by atoms with Crippen LogP contribution in [0.1, 0.15) is 52.3 Å². The van der Waals surface area contributed by atoms with E-state index in [0.29, 0.717) is 12.0 Å². The normalized spacial score (nSPS) is 28.2. The highest BCUT2D eigenvalue weighted by Gasteiger charge is 2.34. The Hall–Kier alpha value is -0.830. The molecular weight excluding hydrogens is 210 g/mol. The minimum Gasteiger partial charge on any atom is -0.331 e. The first kappa shape index (κ1) is 12.6. The Morgan fingerprint density at radius 2 is 2.29 bits per heavy atom. The number of rotatable bonds is 4. The molecule has 1 aromatic heterocycles. The Kier molecular flexibility index (Phi) is 3.57. The van der Waals surface area contributed by atoms with Gasteiger partial charge in [-0.1, -0.05) is 27.2 Å². The maximum Gasteiger partial charge on any atom is 0.0950 e. The fourth-order valence-electron chi connectivity index (χ4n) is 2.75. The van der Waals surface area contributed by atoms with Gasteiger partial charge < -0.3 is 9.88 Å². The van der Waals surface area contributed by atoms with Crippen LogP contribution in [0.2, 0.25) is 0 Å². The first-order valence-electron chi connectivity index (χ1n) is 6.81. The molecule has 0 aromatic carbocycles. The molecule has 1 N–H and O–H groups in total. The molecule has 0 saturated carbocycles. The van der Waals surface area contributed by atoms with Crippen molar-refractivity contribution in [3.05, 3.63) is 18.2 Å². The number of hydrogen-bond acceptors (Lipinski definition) is 2. The van der Waals surface area contributed by atoms with E-state index in [1.54, 1.807) is 0 Å². The summed E-state index contributed by atoms with van der Waals surface area (Å²) in [5, 5.41) is 3.47. The smallest absolute Gasteiger partial charge is 0.0950 e. The highest BCUT2D eigenvalue weighted by molar-refractivity contribution is 5.18. The van der Waals surface area contributed by atoms with E-state index in [9.17, 15) is 0 Å². The molecule has 1 aliphatic heterocycles. The summed E-state index contributed by atoms with van der Waals surface area (Å²) in [4.78, 5) is 4.38. The van der Waals surface area contributed by atoms with Crippen molar-refractivity contribution < 1.29 is 0 Å². The number of imidazole rings is 1. The van der Waals surface area contributed by atoms with Crippen LogP contribution in [0.25, 0.3) is 0 Å². The van der Waals surface area contributed by atoms with Crippen molar-refractivity contribution in [2.24, 2.45) is 5.92 Å². The van der Waals surface area contributed by atoms with Gasteiger partial charge >= 0.3 is 0 Å². The predicted molar refractivity (Wildman–Crippen MR) is 71.2 cm³/mol. The largest absolute Gasteiger partial charge is 0.331 e. The second-order valence-electron chi connectivity index (χ2n) is 5.80. The summed E-state index contributed by atoms with van der Waals surface area (Å²) in [6, 6.07) is 0.537. The quantitative estimate of drug-likeness (QED) is 0.869. The van der Waals surface area contributed by atoms with Crippen molar-refractivity contribution in [1.29, 1.82) is 0 Å². The minimum atomic E-state index is 0.262. The van der Waals surface area contributed by atoms with Crippen LogP contribution >= 0.6 is 0 Å². The molecule has 0 radical (unpaired) electrons. The zero-order chi connectivity index (χ0) is 12.5. The summed E-state index contributed by atoms with van der Waals surface area (Å²) in [7, 11) is 0. The first-order chi connectivity index (χ1) is 8.08. The van der Waals surface area contributed by atoms with E-state index >= 15 is 0 Å². The van der Waals surface area contributed by atoms with E-state index < -0.39 is 0 Å². The molecule has 3 nitrogen and oxygen atoms in total. The number of hydrogen-bond donors (Lipinski definition) is 1. The third-order valence-corrected chi connectivity index (χ3v) is 4.56. The van der Waals surface area contributed by atoms with E-state index in [1.807, 2.05) is 6.33 Å². The molecule has 1 fully saturated rings. The van der Waals surface area contributed by atoms with Crippen molar-refractivity contribution >= 4 is 0 Å². The number of nitrogens with one attached hydrogen (secondary N) is 1. The molecule has 0 amide bonds. The minimum absolute atomic E-state index is 0.262.